The lowest BCUT2D eigenvalue weighted by Gasteiger charge is -2.02. The molecule has 0 fully saturated rings. The van der Waals surface area contributed by atoms with Gasteiger partial charge in [0.05, 0.1) is 19.0 Å². The molecule has 0 aliphatic carbocycles. The summed E-state index contributed by atoms with van der Waals surface area (Å²) in [7, 11) is 0. The van der Waals surface area contributed by atoms with Gasteiger partial charge < -0.3 is 14.6 Å². The molecule has 0 aromatic carbocycles. The van der Waals surface area contributed by atoms with Gasteiger partial charge in [0.15, 0.2) is 5.75 Å². The summed E-state index contributed by atoms with van der Waals surface area (Å²) in [6, 6.07) is 0. The summed E-state index contributed by atoms with van der Waals surface area (Å²) in [6.07, 6.45) is 3.02. The smallest absolute Gasteiger partial charge is 0.325 e. The van der Waals surface area contributed by atoms with Gasteiger partial charge in [-0.05, 0) is 6.92 Å². The lowest BCUT2D eigenvalue weighted by molar-refractivity contribution is -0.137. The molecule has 1 aromatic rings. The van der Waals surface area contributed by atoms with E-state index in [1.165, 1.54) is 10.9 Å². The highest BCUT2D eigenvalue weighted by Crippen LogP contribution is 2.07. The lowest BCUT2D eigenvalue weighted by Crippen LogP contribution is -2.09. The molecular weight excluding hydrogens is 200 g/mol. The Morgan fingerprint density at radius 1 is 1.60 bits per heavy atom. The minimum absolute atomic E-state index is 0.158. The van der Waals surface area contributed by atoms with E-state index in [1.54, 1.807) is 6.20 Å². The van der Waals surface area contributed by atoms with Gasteiger partial charge in [0, 0.05) is 6.61 Å². The fraction of sp³-hybridized carbons (Fsp3) is 0.556. The molecule has 0 aliphatic rings. The van der Waals surface area contributed by atoms with Gasteiger partial charge in [-0.15, -0.1) is 0 Å². The number of carboxylic acid groups (broad SMARTS) is 1. The molecule has 0 saturated heterocycles. The molecule has 0 amide bonds. The van der Waals surface area contributed by atoms with Crippen LogP contribution in [0.2, 0.25) is 0 Å². The van der Waals surface area contributed by atoms with Crippen LogP contribution in [0.15, 0.2) is 12.4 Å². The molecule has 15 heavy (non-hydrogen) atoms. The Kier molecular flexibility index (Phi) is 4.62. The molecule has 0 atom stereocenters. The van der Waals surface area contributed by atoms with Crippen molar-refractivity contribution in [3.63, 3.8) is 0 Å². The minimum Gasteiger partial charge on any atom is -0.488 e. The van der Waals surface area contributed by atoms with E-state index < -0.39 is 5.97 Å². The van der Waals surface area contributed by atoms with Crippen LogP contribution in [0.25, 0.3) is 0 Å². The van der Waals surface area contributed by atoms with E-state index >= 15 is 0 Å². The van der Waals surface area contributed by atoms with Crippen LogP contribution in [0.3, 0.4) is 0 Å². The molecular formula is C9H14N2O4. The number of hydrogen-bond donors (Lipinski definition) is 1. The molecule has 0 aliphatic heterocycles. The molecule has 0 unspecified atom stereocenters. The number of carbonyl (C=O) groups is 1. The van der Waals surface area contributed by atoms with Crippen molar-refractivity contribution in [3.8, 4) is 5.75 Å². The zero-order valence-electron chi connectivity index (χ0n) is 8.55. The molecule has 1 aromatic heterocycles. The van der Waals surface area contributed by atoms with Crippen LogP contribution < -0.4 is 4.74 Å². The topological polar surface area (TPSA) is 73.6 Å². The maximum absolute atomic E-state index is 10.4. The zero-order chi connectivity index (χ0) is 11.1. The standard InChI is InChI=1S/C9H14N2O4/c1-2-14-3-4-15-8-5-10-11(6-8)7-9(12)13/h5-6H,2-4,7H2,1H3,(H,12,13). The van der Waals surface area contributed by atoms with Gasteiger partial charge >= 0.3 is 5.97 Å². The first-order valence-electron chi connectivity index (χ1n) is 4.67. The molecule has 0 radical (unpaired) electrons. The summed E-state index contributed by atoms with van der Waals surface area (Å²) in [5.41, 5.74) is 0. The summed E-state index contributed by atoms with van der Waals surface area (Å²) >= 11 is 0. The second kappa shape index (κ2) is 6.02. The van der Waals surface area contributed by atoms with Crippen molar-refractivity contribution < 1.29 is 19.4 Å². The Balaban J connectivity index is 2.29. The molecule has 6 nitrogen and oxygen atoms in total. The quantitative estimate of drug-likeness (QED) is 0.664. The normalized spacial score (nSPS) is 10.2. The Morgan fingerprint density at radius 2 is 2.40 bits per heavy atom. The largest absolute Gasteiger partial charge is 0.488 e. The van der Waals surface area contributed by atoms with Gasteiger partial charge in [-0.2, -0.15) is 5.10 Å². The first-order valence-corrected chi connectivity index (χ1v) is 4.67. The van der Waals surface area contributed by atoms with Crippen molar-refractivity contribution in [2.24, 2.45) is 0 Å². The molecule has 1 rings (SSSR count). The van der Waals surface area contributed by atoms with E-state index in [-0.39, 0.29) is 6.54 Å². The number of aliphatic carboxylic acids is 1. The SMILES string of the molecule is CCOCCOc1cnn(CC(=O)O)c1. The third kappa shape index (κ3) is 4.46. The second-order valence-corrected chi connectivity index (χ2v) is 2.81. The maximum Gasteiger partial charge on any atom is 0.325 e. The number of aromatic nitrogens is 2. The highest BCUT2D eigenvalue weighted by Gasteiger charge is 2.02. The third-order valence-corrected chi connectivity index (χ3v) is 1.61. The van der Waals surface area contributed by atoms with Crippen LogP contribution in [0.1, 0.15) is 6.92 Å². The van der Waals surface area contributed by atoms with Crippen molar-refractivity contribution in [2.75, 3.05) is 19.8 Å². The van der Waals surface area contributed by atoms with Crippen LogP contribution in [-0.4, -0.2) is 40.7 Å². The Morgan fingerprint density at radius 3 is 3.07 bits per heavy atom. The predicted molar refractivity (Wildman–Crippen MR) is 51.9 cm³/mol. The van der Waals surface area contributed by atoms with Gasteiger partial charge in [-0.3, -0.25) is 9.48 Å². The van der Waals surface area contributed by atoms with E-state index in [2.05, 4.69) is 5.10 Å². The fourth-order valence-corrected chi connectivity index (χ4v) is 1.01. The van der Waals surface area contributed by atoms with E-state index in [1.807, 2.05) is 6.92 Å². The molecule has 1 N–H and O–H groups in total. The Hall–Kier alpha value is -1.56. The van der Waals surface area contributed by atoms with E-state index in [9.17, 15) is 4.79 Å². The van der Waals surface area contributed by atoms with Crippen LogP contribution in [0, 0.1) is 0 Å². The molecule has 6 heteroatoms. The first kappa shape index (κ1) is 11.5. The number of ether oxygens (including phenoxy) is 2. The summed E-state index contributed by atoms with van der Waals surface area (Å²) < 4.78 is 11.7. The minimum atomic E-state index is -0.932. The molecule has 84 valence electrons. The lowest BCUT2D eigenvalue weighted by atomic mass is 10.6. The fourth-order valence-electron chi connectivity index (χ4n) is 1.01. The summed E-state index contributed by atoms with van der Waals surface area (Å²) in [5.74, 6) is -0.380. The number of hydrogen-bond acceptors (Lipinski definition) is 4. The highest BCUT2D eigenvalue weighted by molar-refractivity contribution is 5.66. The number of rotatable bonds is 7. The van der Waals surface area contributed by atoms with Crippen molar-refractivity contribution in [1.29, 1.82) is 0 Å². The molecule has 0 saturated carbocycles. The van der Waals surface area contributed by atoms with Crippen LogP contribution in [-0.2, 0) is 16.1 Å². The highest BCUT2D eigenvalue weighted by atomic mass is 16.5. The van der Waals surface area contributed by atoms with Crippen molar-refractivity contribution >= 4 is 5.97 Å². The van der Waals surface area contributed by atoms with Gasteiger partial charge in [-0.1, -0.05) is 0 Å². The Bertz CT molecular complexity index is 311. The molecule has 1 heterocycles. The Labute approximate surface area is 87.4 Å². The van der Waals surface area contributed by atoms with Crippen LogP contribution >= 0.6 is 0 Å². The first-order chi connectivity index (χ1) is 7.22. The van der Waals surface area contributed by atoms with Gasteiger partial charge in [0.1, 0.15) is 13.2 Å². The van der Waals surface area contributed by atoms with Gasteiger partial charge in [-0.25, -0.2) is 0 Å². The average Bonchev–Trinajstić information content (AvgIpc) is 2.59. The molecule has 0 spiro atoms. The van der Waals surface area contributed by atoms with Crippen molar-refractivity contribution in [3.05, 3.63) is 12.4 Å². The van der Waals surface area contributed by atoms with E-state index in [0.29, 0.717) is 25.6 Å². The van der Waals surface area contributed by atoms with Crippen LogP contribution in [0.5, 0.6) is 5.75 Å². The molecule has 0 bridgehead atoms. The summed E-state index contributed by atoms with van der Waals surface area (Å²) in [5, 5.41) is 12.3. The van der Waals surface area contributed by atoms with Gasteiger partial charge in [0.2, 0.25) is 0 Å². The van der Waals surface area contributed by atoms with Gasteiger partial charge in [0.25, 0.3) is 0 Å². The van der Waals surface area contributed by atoms with E-state index in [0.717, 1.165) is 0 Å². The number of carboxylic acids is 1. The predicted octanol–water partition coefficient (Wildman–Crippen LogP) is 0.383. The van der Waals surface area contributed by atoms with Crippen molar-refractivity contribution in [1.82, 2.24) is 9.78 Å². The second-order valence-electron chi connectivity index (χ2n) is 2.81. The van der Waals surface area contributed by atoms with Crippen LogP contribution in [0.4, 0.5) is 0 Å². The van der Waals surface area contributed by atoms with E-state index in [4.69, 9.17) is 14.6 Å². The third-order valence-electron chi connectivity index (χ3n) is 1.61. The van der Waals surface area contributed by atoms with Crippen molar-refractivity contribution in [2.45, 2.75) is 13.5 Å². The monoisotopic (exact) mass is 214 g/mol. The average molecular weight is 214 g/mol. The zero-order valence-corrected chi connectivity index (χ0v) is 8.55. The summed E-state index contributed by atoms with van der Waals surface area (Å²) in [6.45, 7) is 3.36. The maximum atomic E-state index is 10.4. The summed E-state index contributed by atoms with van der Waals surface area (Å²) in [4.78, 5) is 10.4. The number of nitrogens with zero attached hydrogens (tertiary/aromatic N) is 2.